The Kier molecular flexibility index (Phi) is 3.96. The molecule has 0 aromatic heterocycles. The third-order valence-electron chi connectivity index (χ3n) is 1.63. The Balaban J connectivity index is 2.91. The van der Waals surface area contributed by atoms with Crippen molar-refractivity contribution in [3.05, 3.63) is 29.6 Å². The van der Waals surface area contributed by atoms with Crippen molar-refractivity contribution in [1.82, 2.24) is 0 Å². The van der Waals surface area contributed by atoms with Crippen LogP contribution < -0.4 is 4.74 Å². The maximum atomic E-state index is 13.1. The molecular weight excluding hydrogens is 183 g/mol. The molecule has 0 aliphatic rings. The molecule has 3 heteroatoms. The lowest BCUT2D eigenvalue weighted by molar-refractivity contribution is 0.305. The van der Waals surface area contributed by atoms with E-state index in [1.54, 1.807) is 0 Å². The average Bonchev–Trinajstić information content (AvgIpc) is 2.21. The van der Waals surface area contributed by atoms with Gasteiger partial charge in [0.1, 0.15) is 11.6 Å². The minimum absolute atomic E-state index is 0.0153. The lowest BCUT2D eigenvalue weighted by atomic mass is 10.2. The Morgan fingerprint density at radius 1 is 1.50 bits per heavy atom. The first-order chi connectivity index (χ1) is 6.77. The Labute approximate surface area is 82.3 Å². The van der Waals surface area contributed by atoms with Gasteiger partial charge in [-0.05, 0) is 18.2 Å². The molecule has 1 aromatic rings. The molecule has 0 aliphatic carbocycles. The molecular formula is C11H11FO2. The van der Waals surface area contributed by atoms with E-state index in [1.165, 1.54) is 25.3 Å². The third kappa shape index (κ3) is 2.75. The quantitative estimate of drug-likeness (QED) is 0.724. The van der Waals surface area contributed by atoms with Crippen molar-refractivity contribution in [2.75, 3.05) is 13.7 Å². The van der Waals surface area contributed by atoms with Gasteiger partial charge in [-0.3, -0.25) is 0 Å². The summed E-state index contributed by atoms with van der Waals surface area (Å²) in [6.07, 6.45) is 0.344. The zero-order valence-corrected chi connectivity index (χ0v) is 7.88. The molecule has 1 N–H and O–H groups in total. The van der Waals surface area contributed by atoms with Gasteiger partial charge < -0.3 is 9.84 Å². The summed E-state index contributed by atoms with van der Waals surface area (Å²) in [6.45, 7) is -0.0153. The van der Waals surface area contributed by atoms with Gasteiger partial charge in [0.2, 0.25) is 0 Å². The summed E-state index contributed by atoms with van der Waals surface area (Å²) in [5.74, 6) is 5.46. The first kappa shape index (κ1) is 10.6. The summed E-state index contributed by atoms with van der Waals surface area (Å²) in [6, 6.07) is 4.37. The van der Waals surface area contributed by atoms with Crippen molar-refractivity contribution in [2.24, 2.45) is 0 Å². The predicted molar refractivity (Wildman–Crippen MR) is 51.5 cm³/mol. The molecule has 1 aromatic carbocycles. The van der Waals surface area contributed by atoms with Gasteiger partial charge in [-0.1, -0.05) is 11.8 Å². The number of halogens is 1. The van der Waals surface area contributed by atoms with E-state index in [0.29, 0.717) is 12.2 Å². The van der Waals surface area contributed by atoms with Crippen LogP contribution in [0, 0.1) is 17.7 Å². The highest BCUT2D eigenvalue weighted by molar-refractivity contribution is 5.40. The zero-order valence-electron chi connectivity index (χ0n) is 7.88. The number of aliphatic hydroxyl groups excluding tert-OH is 1. The second-order valence-corrected chi connectivity index (χ2v) is 2.62. The van der Waals surface area contributed by atoms with Crippen LogP contribution in [0.5, 0.6) is 5.75 Å². The molecule has 0 amide bonds. The van der Waals surface area contributed by atoms with Crippen LogP contribution in [-0.2, 0) is 0 Å². The molecule has 74 valence electrons. The number of methoxy groups -OCH3 is 1. The monoisotopic (exact) mass is 194 g/mol. The first-order valence-corrected chi connectivity index (χ1v) is 4.21. The zero-order chi connectivity index (χ0) is 10.4. The highest BCUT2D eigenvalue weighted by Gasteiger charge is 2.00. The number of ether oxygens (including phenoxy) is 1. The van der Waals surface area contributed by atoms with Crippen LogP contribution in [0.2, 0.25) is 0 Å². The Bertz CT molecular complexity index is 363. The summed E-state index contributed by atoms with van der Waals surface area (Å²) in [5, 5.41) is 8.49. The topological polar surface area (TPSA) is 29.5 Å². The Morgan fingerprint density at radius 2 is 2.29 bits per heavy atom. The van der Waals surface area contributed by atoms with Gasteiger partial charge in [0.15, 0.2) is 0 Å². The van der Waals surface area contributed by atoms with Crippen molar-refractivity contribution in [3.63, 3.8) is 0 Å². The first-order valence-electron chi connectivity index (χ1n) is 4.21. The number of hydrogen-bond donors (Lipinski definition) is 1. The summed E-state index contributed by atoms with van der Waals surface area (Å²) in [5.41, 5.74) is 0.290. The van der Waals surface area contributed by atoms with E-state index in [9.17, 15) is 4.39 Å². The Hall–Kier alpha value is -1.53. The highest BCUT2D eigenvalue weighted by Crippen LogP contribution is 2.15. The number of rotatable bonds is 2. The normalized spacial score (nSPS) is 9.07. The second-order valence-electron chi connectivity index (χ2n) is 2.62. The van der Waals surface area contributed by atoms with Crippen molar-refractivity contribution in [3.8, 4) is 17.6 Å². The predicted octanol–water partition coefficient (Wildman–Crippen LogP) is 1.57. The van der Waals surface area contributed by atoms with E-state index in [0.717, 1.165) is 0 Å². The lowest BCUT2D eigenvalue weighted by Gasteiger charge is -2.00. The van der Waals surface area contributed by atoms with Crippen LogP contribution in [0.4, 0.5) is 4.39 Å². The SMILES string of the molecule is COc1ccc(F)c(C#CCCO)c1. The standard InChI is InChI=1S/C11H11FO2/c1-14-10-5-6-11(12)9(8-10)4-2-3-7-13/h5-6,8,13H,3,7H2,1H3. The van der Waals surface area contributed by atoms with Gasteiger partial charge in [-0.25, -0.2) is 4.39 Å². The third-order valence-corrected chi connectivity index (χ3v) is 1.63. The van der Waals surface area contributed by atoms with Crippen molar-refractivity contribution < 1.29 is 14.2 Å². The smallest absolute Gasteiger partial charge is 0.139 e. The number of benzene rings is 1. The van der Waals surface area contributed by atoms with Gasteiger partial charge in [0.05, 0.1) is 19.3 Å². The highest BCUT2D eigenvalue weighted by atomic mass is 19.1. The van der Waals surface area contributed by atoms with Gasteiger partial charge in [0, 0.05) is 6.42 Å². The summed E-state index contributed by atoms with van der Waals surface area (Å²) in [4.78, 5) is 0. The molecule has 0 unspecified atom stereocenters. The molecule has 14 heavy (non-hydrogen) atoms. The van der Waals surface area contributed by atoms with Crippen LogP contribution in [0.15, 0.2) is 18.2 Å². The molecule has 0 atom stereocenters. The molecule has 0 saturated heterocycles. The van der Waals surface area contributed by atoms with Crippen LogP contribution in [0.25, 0.3) is 0 Å². The second kappa shape index (κ2) is 5.25. The van der Waals surface area contributed by atoms with Gasteiger partial charge in [-0.15, -0.1) is 0 Å². The molecule has 2 nitrogen and oxygen atoms in total. The van der Waals surface area contributed by atoms with E-state index in [4.69, 9.17) is 9.84 Å². The maximum Gasteiger partial charge on any atom is 0.139 e. The summed E-state index contributed by atoms with van der Waals surface area (Å²) < 4.78 is 18.0. The maximum absolute atomic E-state index is 13.1. The molecule has 0 radical (unpaired) electrons. The van der Waals surface area contributed by atoms with Crippen molar-refractivity contribution in [2.45, 2.75) is 6.42 Å². The van der Waals surface area contributed by atoms with Crippen LogP contribution >= 0.6 is 0 Å². The largest absolute Gasteiger partial charge is 0.497 e. The van der Waals surface area contributed by atoms with Gasteiger partial charge >= 0.3 is 0 Å². The fourth-order valence-electron chi connectivity index (χ4n) is 0.941. The van der Waals surface area contributed by atoms with Crippen LogP contribution in [0.1, 0.15) is 12.0 Å². The van der Waals surface area contributed by atoms with E-state index < -0.39 is 0 Å². The number of hydrogen-bond acceptors (Lipinski definition) is 2. The molecule has 1 rings (SSSR count). The van der Waals surface area contributed by atoms with E-state index in [1.807, 2.05) is 0 Å². The van der Waals surface area contributed by atoms with Crippen LogP contribution in [0.3, 0.4) is 0 Å². The molecule has 0 aliphatic heterocycles. The Morgan fingerprint density at radius 3 is 2.93 bits per heavy atom. The van der Waals surface area contributed by atoms with Crippen molar-refractivity contribution in [1.29, 1.82) is 0 Å². The number of aliphatic hydroxyl groups is 1. The lowest BCUT2D eigenvalue weighted by Crippen LogP contribution is -1.88. The van der Waals surface area contributed by atoms with Gasteiger partial charge in [0.25, 0.3) is 0 Å². The van der Waals surface area contributed by atoms with E-state index in [2.05, 4.69) is 11.8 Å². The van der Waals surface area contributed by atoms with Crippen molar-refractivity contribution >= 4 is 0 Å². The molecule has 0 spiro atoms. The fourth-order valence-corrected chi connectivity index (χ4v) is 0.941. The van der Waals surface area contributed by atoms with E-state index in [-0.39, 0.29) is 18.0 Å². The van der Waals surface area contributed by atoms with Gasteiger partial charge in [-0.2, -0.15) is 0 Å². The fraction of sp³-hybridized carbons (Fsp3) is 0.273. The molecule has 0 fully saturated rings. The van der Waals surface area contributed by atoms with Crippen LogP contribution in [-0.4, -0.2) is 18.8 Å². The minimum atomic E-state index is -0.378. The molecule has 0 bridgehead atoms. The minimum Gasteiger partial charge on any atom is -0.497 e. The molecule has 0 saturated carbocycles. The molecule has 0 heterocycles. The summed E-state index contributed by atoms with van der Waals surface area (Å²) >= 11 is 0. The average molecular weight is 194 g/mol. The van der Waals surface area contributed by atoms with E-state index >= 15 is 0 Å². The summed E-state index contributed by atoms with van der Waals surface area (Å²) in [7, 11) is 1.51.